The van der Waals surface area contributed by atoms with Crippen LogP contribution in [0.1, 0.15) is 41.6 Å². The first-order valence-corrected chi connectivity index (χ1v) is 9.35. The van der Waals surface area contributed by atoms with Gasteiger partial charge in [0.15, 0.2) is 0 Å². The largest absolute Gasteiger partial charge is 0.331 e. The normalized spacial score (nSPS) is 11.6. The zero-order chi connectivity index (χ0) is 20.0. The molecule has 0 aliphatic rings. The predicted molar refractivity (Wildman–Crippen MR) is 110 cm³/mol. The number of hydrogen-bond acceptors (Lipinski definition) is 2. The molecule has 1 unspecified atom stereocenters. The molecule has 144 valence electrons. The van der Waals surface area contributed by atoms with Crippen LogP contribution in [0, 0.1) is 20.8 Å². The van der Waals surface area contributed by atoms with Crippen molar-refractivity contribution in [2.75, 3.05) is 11.9 Å². The average molecular weight is 388 g/mol. The lowest BCUT2D eigenvalue weighted by molar-refractivity contribution is -0.115. The minimum atomic E-state index is -0.385. The Balaban J connectivity index is 1.89. The molecule has 0 aliphatic carbocycles. The van der Waals surface area contributed by atoms with Crippen LogP contribution in [0.15, 0.2) is 36.4 Å². The predicted octanol–water partition coefficient (Wildman–Crippen LogP) is 4.65. The third kappa shape index (κ3) is 6.00. The Morgan fingerprint density at radius 2 is 1.63 bits per heavy atom. The summed E-state index contributed by atoms with van der Waals surface area (Å²) in [6, 6.07) is 10.8. The molecule has 0 spiro atoms. The molecule has 0 bridgehead atoms. The van der Waals surface area contributed by atoms with Gasteiger partial charge in [0.1, 0.15) is 0 Å². The molecule has 5 nitrogen and oxygen atoms in total. The maximum Gasteiger partial charge on any atom is 0.315 e. The lowest BCUT2D eigenvalue weighted by Gasteiger charge is -2.18. The summed E-state index contributed by atoms with van der Waals surface area (Å²) in [4.78, 5) is 24.4. The molecule has 27 heavy (non-hydrogen) atoms. The van der Waals surface area contributed by atoms with Crippen LogP contribution in [-0.4, -0.2) is 18.5 Å². The van der Waals surface area contributed by atoms with E-state index in [0.29, 0.717) is 5.02 Å². The van der Waals surface area contributed by atoms with Gasteiger partial charge in [0.05, 0.1) is 12.6 Å². The van der Waals surface area contributed by atoms with E-state index in [2.05, 4.69) is 16.0 Å². The lowest BCUT2D eigenvalue weighted by Crippen LogP contribution is -2.41. The highest BCUT2D eigenvalue weighted by atomic mass is 35.5. The van der Waals surface area contributed by atoms with Crippen molar-refractivity contribution in [3.8, 4) is 0 Å². The van der Waals surface area contributed by atoms with Gasteiger partial charge in [0.2, 0.25) is 5.91 Å². The van der Waals surface area contributed by atoms with Gasteiger partial charge in [-0.1, -0.05) is 48.4 Å². The van der Waals surface area contributed by atoms with E-state index < -0.39 is 0 Å². The summed E-state index contributed by atoms with van der Waals surface area (Å²) in [6.45, 7) is 7.80. The number of carbonyl (C=O) groups excluding carboxylic acids is 2. The standard InChI is InChI=1S/C21H26ClN3O2/c1-5-18(16-6-8-17(22)9-7-16)24-21(27)23-12-19(26)25-20-14(3)10-13(2)11-15(20)4/h6-11,18H,5,12H2,1-4H3,(H,25,26)(H2,23,24,27). The van der Waals surface area contributed by atoms with Gasteiger partial charge in [0.25, 0.3) is 0 Å². The zero-order valence-corrected chi connectivity index (χ0v) is 16.9. The molecule has 2 rings (SSSR count). The van der Waals surface area contributed by atoms with Crippen LogP contribution >= 0.6 is 11.6 Å². The van der Waals surface area contributed by atoms with Gasteiger partial charge >= 0.3 is 6.03 Å². The monoisotopic (exact) mass is 387 g/mol. The second-order valence-corrected chi connectivity index (χ2v) is 7.10. The fourth-order valence-electron chi connectivity index (χ4n) is 3.05. The van der Waals surface area contributed by atoms with Gasteiger partial charge in [-0.05, 0) is 56.0 Å². The molecule has 0 saturated heterocycles. The van der Waals surface area contributed by atoms with E-state index in [0.717, 1.165) is 34.4 Å². The Kier molecular flexibility index (Phi) is 7.25. The molecule has 0 radical (unpaired) electrons. The summed E-state index contributed by atoms with van der Waals surface area (Å²) in [7, 11) is 0. The van der Waals surface area contributed by atoms with Gasteiger partial charge in [0, 0.05) is 10.7 Å². The SMILES string of the molecule is CCC(NC(=O)NCC(=O)Nc1c(C)cc(C)cc1C)c1ccc(Cl)cc1. The van der Waals surface area contributed by atoms with E-state index >= 15 is 0 Å². The number of anilines is 1. The third-order valence-electron chi connectivity index (χ3n) is 4.34. The van der Waals surface area contributed by atoms with Crippen molar-refractivity contribution in [1.29, 1.82) is 0 Å². The molecule has 2 aromatic carbocycles. The molecule has 0 saturated carbocycles. The van der Waals surface area contributed by atoms with E-state index in [4.69, 9.17) is 11.6 Å². The minimum Gasteiger partial charge on any atom is -0.331 e. The number of hydrogen-bond donors (Lipinski definition) is 3. The van der Waals surface area contributed by atoms with E-state index in [9.17, 15) is 9.59 Å². The van der Waals surface area contributed by atoms with Gasteiger partial charge in [-0.3, -0.25) is 4.79 Å². The summed E-state index contributed by atoms with van der Waals surface area (Å²) in [5.74, 6) is -0.264. The lowest BCUT2D eigenvalue weighted by atomic mass is 10.1. The molecular formula is C21H26ClN3O2. The fraction of sp³-hybridized carbons (Fsp3) is 0.333. The second-order valence-electron chi connectivity index (χ2n) is 6.66. The smallest absolute Gasteiger partial charge is 0.315 e. The van der Waals surface area contributed by atoms with Crippen LogP contribution < -0.4 is 16.0 Å². The number of aryl methyl sites for hydroxylation is 3. The molecule has 3 amide bonds. The Labute approximate surface area is 165 Å². The van der Waals surface area contributed by atoms with Crippen LogP contribution in [-0.2, 0) is 4.79 Å². The molecule has 0 fully saturated rings. The maximum absolute atomic E-state index is 12.2. The second kappa shape index (κ2) is 9.42. The fourth-order valence-corrected chi connectivity index (χ4v) is 3.17. The highest BCUT2D eigenvalue weighted by molar-refractivity contribution is 6.30. The Morgan fingerprint density at radius 3 is 2.19 bits per heavy atom. The number of urea groups is 1. The van der Waals surface area contributed by atoms with Crippen molar-refractivity contribution >= 4 is 29.2 Å². The molecule has 1 atom stereocenters. The molecule has 3 N–H and O–H groups in total. The third-order valence-corrected chi connectivity index (χ3v) is 4.59. The molecule has 0 aliphatic heterocycles. The van der Waals surface area contributed by atoms with Gasteiger partial charge in [-0.2, -0.15) is 0 Å². The Hall–Kier alpha value is -2.53. The number of rotatable bonds is 6. The molecule has 0 aromatic heterocycles. The Morgan fingerprint density at radius 1 is 1.04 bits per heavy atom. The quantitative estimate of drug-likeness (QED) is 0.674. The van der Waals surface area contributed by atoms with Crippen molar-refractivity contribution in [2.45, 2.75) is 40.2 Å². The number of halogens is 1. The first-order valence-electron chi connectivity index (χ1n) is 8.97. The number of nitrogens with one attached hydrogen (secondary N) is 3. The van der Waals surface area contributed by atoms with Gasteiger partial charge in [-0.25, -0.2) is 4.79 Å². The van der Waals surface area contributed by atoms with Crippen LogP contribution in [0.3, 0.4) is 0 Å². The number of benzene rings is 2. The summed E-state index contributed by atoms with van der Waals surface area (Å²) >= 11 is 5.90. The number of amides is 3. The van der Waals surface area contributed by atoms with Crippen LogP contribution in [0.4, 0.5) is 10.5 Å². The maximum atomic E-state index is 12.2. The molecule has 6 heteroatoms. The summed E-state index contributed by atoms with van der Waals surface area (Å²) in [5, 5.41) is 9.01. The van der Waals surface area contributed by atoms with Crippen LogP contribution in [0.5, 0.6) is 0 Å². The first kappa shape index (κ1) is 20.8. The van der Waals surface area contributed by atoms with Gasteiger partial charge in [-0.15, -0.1) is 0 Å². The van der Waals surface area contributed by atoms with Crippen molar-refractivity contribution < 1.29 is 9.59 Å². The van der Waals surface area contributed by atoms with E-state index in [1.807, 2.05) is 52.0 Å². The van der Waals surface area contributed by atoms with Crippen molar-refractivity contribution in [3.05, 3.63) is 63.7 Å². The molecule has 2 aromatic rings. The molecule has 0 heterocycles. The zero-order valence-electron chi connectivity index (χ0n) is 16.2. The van der Waals surface area contributed by atoms with Crippen molar-refractivity contribution in [2.24, 2.45) is 0 Å². The number of carbonyl (C=O) groups is 2. The van der Waals surface area contributed by atoms with Crippen LogP contribution in [0.2, 0.25) is 5.02 Å². The van der Waals surface area contributed by atoms with Crippen molar-refractivity contribution in [3.63, 3.8) is 0 Å². The minimum absolute atomic E-state index is 0.102. The highest BCUT2D eigenvalue weighted by Gasteiger charge is 2.14. The summed E-state index contributed by atoms with van der Waals surface area (Å²) < 4.78 is 0. The van der Waals surface area contributed by atoms with Crippen LogP contribution in [0.25, 0.3) is 0 Å². The Bertz CT molecular complexity index is 796. The summed E-state index contributed by atoms with van der Waals surface area (Å²) in [5.41, 5.74) is 4.90. The van der Waals surface area contributed by atoms with Crippen molar-refractivity contribution in [1.82, 2.24) is 10.6 Å². The van der Waals surface area contributed by atoms with E-state index in [1.165, 1.54) is 0 Å². The average Bonchev–Trinajstić information content (AvgIpc) is 2.61. The first-order chi connectivity index (χ1) is 12.8. The molecular weight excluding hydrogens is 362 g/mol. The topological polar surface area (TPSA) is 70.2 Å². The summed E-state index contributed by atoms with van der Waals surface area (Å²) in [6.07, 6.45) is 0.725. The highest BCUT2D eigenvalue weighted by Crippen LogP contribution is 2.22. The van der Waals surface area contributed by atoms with Gasteiger partial charge < -0.3 is 16.0 Å². The van der Waals surface area contributed by atoms with E-state index in [1.54, 1.807) is 12.1 Å². The van der Waals surface area contributed by atoms with E-state index in [-0.39, 0.29) is 24.5 Å².